The van der Waals surface area contributed by atoms with Crippen molar-refractivity contribution in [3.63, 3.8) is 0 Å². The molecule has 0 bridgehead atoms. The number of pyridine rings is 1. The summed E-state index contributed by atoms with van der Waals surface area (Å²) in [7, 11) is 0. The van der Waals surface area contributed by atoms with Crippen molar-refractivity contribution in [3.8, 4) is 0 Å². The topological polar surface area (TPSA) is 43.6 Å². The van der Waals surface area contributed by atoms with Gasteiger partial charge in [0.2, 0.25) is 0 Å². The van der Waals surface area contributed by atoms with Crippen LogP contribution in [-0.2, 0) is 6.54 Å². The maximum absolute atomic E-state index is 6.17. The molecule has 0 amide bonds. The number of aromatic nitrogens is 4. The third-order valence-corrected chi connectivity index (χ3v) is 3.82. The Morgan fingerprint density at radius 1 is 1.25 bits per heavy atom. The fourth-order valence-electron chi connectivity index (χ4n) is 2.21. The maximum Gasteiger partial charge on any atom is 0.101 e. The minimum Gasteiger partial charge on any atom is -0.256 e. The Balaban J connectivity index is 1.91. The van der Waals surface area contributed by atoms with Crippen molar-refractivity contribution in [2.75, 3.05) is 0 Å². The summed E-state index contributed by atoms with van der Waals surface area (Å²) in [5.74, 6) is 0. The van der Waals surface area contributed by atoms with E-state index >= 15 is 0 Å². The Kier molecular flexibility index (Phi) is 3.65. The first-order valence-electron chi connectivity index (χ1n) is 6.64. The zero-order chi connectivity index (χ0) is 13.9. The molecule has 1 aromatic carbocycles. The molecule has 1 atom stereocenters. The fraction of sp³-hybridized carbons (Fsp3) is 0.267. The molecule has 0 aliphatic rings. The number of alkyl halides is 1. The van der Waals surface area contributed by atoms with E-state index in [1.165, 1.54) is 0 Å². The van der Waals surface area contributed by atoms with Crippen LogP contribution in [0.4, 0.5) is 0 Å². The lowest BCUT2D eigenvalue weighted by molar-refractivity contribution is 0.651. The molecule has 3 aromatic rings. The standard InChI is InChI=1S/C15H15ClN4/c1-2-13(16)14-10-20(19-18-14)9-12-6-3-5-11-7-4-8-17-15(11)12/h3-8,10,13H,2,9H2,1H3. The van der Waals surface area contributed by atoms with Crippen LogP contribution in [0.5, 0.6) is 0 Å². The molecule has 5 heteroatoms. The highest BCUT2D eigenvalue weighted by Crippen LogP contribution is 2.22. The number of nitrogens with zero attached hydrogens (tertiary/aromatic N) is 4. The van der Waals surface area contributed by atoms with Crippen LogP contribution in [-0.4, -0.2) is 20.0 Å². The summed E-state index contributed by atoms with van der Waals surface area (Å²) in [6.45, 7) is 2.68. The predicted octanol–water partition coefficient (Wildman–Crippen LogP) is 3.56. The number of fused-ring (bicyclic) bond motifs is 1. The minimum absolute atomic E-state index is 0.0746. The molecule has 3 rings (SSSR count). The lowest BCUT2D eigenvalue weighted by Crippen LogP contribution is -2.01. The van der Waals surface area contributed by atoms with E-state index in [0.29, 0.717) is 6.54 Å². The quantitative estimate of drug-likeness (QED) is 0.689. The van der Waals surface area contributed by atoms with Gasteiger partial charge in [0.15, 0.2) is 0 Å². The van der Waals surface area contributed by atoms with Crippen molar-refractivity contribution >= 4 is 22.5 Å². The van der Waals surface area contributed by atoms with Gasteiger partial charge in [-0.1, -0.05) is 36.4 Å². The lowest BCUT2D eigenvalue weighted by Gasteiger charge is -2.05. The third-order valence-electron chi connectivity index (χ3n) is 3.28. The second-order valence-corrected chi connectivity index (χ2v) is 5.24. The van der Waals surface area contributed by atoms with Crippen LogP contribution < -0.4 is 0 Å². The molecule has 0 aliphatic heterocycles. The first-order chi connectivity index (χ1) is 9.78. The van der Waals surface area contributed by atoms with Gasteiger partial charge < -0.3 is 0 Å². The van der Waals surface area contributed by atoms with Gasteiger partial charge in [-0.3, -0.25) is 4.98 Å². The number of para-hydroxylation sites is 1. The van der Waals surface area contributed by atoms with Crippen molar-refractivity contribution in [2.24, 2.45) is 0 Å². The summed E-state index contributed by atoms with van der Waals surface area (Å²) in [6, 6.07) is 10.2. The zero-order valence-corrected chi connectivity index (χ0v) is 12.0. The van der Waals surface area contributed by atoms with Crippen LogP contribution in [0, 0.1) is 0 Å². The van der Waals surface area contributed by atoms with Gasteiger partial charge >= 0.3 is 0 Å². The number of rotatable bonds is 4. The predicted molar refractivity (Wildman–Crippen MR) is 79.8 cm³/mol. The molecule has 0 spiro atoms. The van der Waals surface area contributed by atoms with E-state index < -0.39 is 0 Å². The Labute approximate surface area is 122 Å². The van der Waals surface area contributed by atoms with Gasteiger partial charge in [-0.2, -0.15) is 0 Å². The third kappa shape index (κ3) is 2.51. The van der Waals surface area contributed by atoms with Gasteiger partial charge in [-0.25, -0.2) is 4.68 Å². The summed E-state index contributed by atoms with van der Waals surface area (Å²) in [6.07, 6.45) is 4.56. The number of halogens is 1. The Morgan fingerprint density at radius 3 is 2.95 bits per heavy atom. The SMILES string of the molecule is CCC(Cl)c1cn(Cc2cccc3cccnc23)nn1. The summed E-state index contributed by atoms with van der Waals surface area (Å²) < 4.78 is 1.81. The van der Waals surface area contributed by atoms with E-state index in [1.54, 1.807) is 0 Å². The molecule has 1 unspecified atom stereocenters. The van der Waals surface area contributed by atoms with Crippen molar-refractivity contribution in [2.45, 2.75) is 25.3 Å². The summed E-state index contributed by atoms with van der Waals surface area (Å²) in [5.41, 5.74) is 2.95. The van der Waals surface area contributed by atoms with Crippen LogP contribution >= 0.6 is 11.6 Å². The highest BCUT2D eigenvalue weighted by atomic mass is 35.5. The average molecular weight is 287 g/mol. The fourth-order valence-corrected chi connectivity index (χ4v) is 2.31. The minimum atomic E-state index is -0.0746. The van der Waals surface area contributed by atoms with Gasteiger partial charge in [-0.15, -0.1) is 16.7 Å². The van der Waals surface area contributed by atoms with Gasteiger partial charge in [0, 0.05) is 11.6 Å². The molecule has 0 N–H and O–H groups in total. The van der Waals surface area contributed by atoms with Gasteiger partial charge in [0.05, 0.1) is 23.6 Å². The van der Waals surface area contributed by atoms with Crippen LogP contribution in [0.1, 0.15) is 30.0 Å². The zero-order valence-electron chi connectivity index (χ0n) is 11.2. The largest absolute Gasteiger partial charge is 0.256 e. The van der Waals surface area contributed by atoms with E-state index in [-0.39, 0.29) is 5.38 Å². The smallest absolute Gasteiger partial charge is 0.101 e. The second-order valence-electron chi connectivity index (χ2n) is 4.71. The van der Waals surface area contributed by atoms with Gasteiger partial charge in [-0.05, 0) is 18.1 Å². The molecular weight excluding hydrogens is 272 g/mol. The molecule has 2 aromatic heterocycles. The van der Waals surface area contributed by atoms with Crippen LogP contribution in [0.25, 0.3) is 10.9 Å². The molecule has 2 heterocycles. The maximum atomic E-state index is 6.17. The molecule has 4 nitrogen and oxygen atoms in total. The van der Waals surface area contributed by atoms with Gasteiger partial charge in [0.1, 0.15) is 5.69 Å². The number of hydrogen-bond acceptors (Lipinski definition) is 3. The molecule has 0 radical (unpaired) electrons. The molecule has 0 fully saturated rings. The molecular formula is C15H15ClN4. The van der Waals surface area contributed by atoms with Crippen LogP contribution in [0.15, 0.2) is 42.7 Å². The van der Waals surface area contributed by atoms with E-state index in [2.05, 4.69) is 33.5 Å². The molecule has 102 valence electrons. The highest BCUT2D eigenvalue weighted by Gasteiger charge is 2.11. The van der Waals surface area contributed by atoms with Crippen molar-refractivity contribution in [1.82, 2.24) is 20.0 Å². The molecule has 0 aliphatic carbocycles. The average Bonchev–Trinajstić information content (AvgIpc) is 2.95. The summed E-state index contributed by atoms with van der Waals surface area (Å²) >= 11 is 6.17. The van der Waals surface area contributed by atoms with E-state index in [9.17, 15) is 0 Å². The number of benzene rings is 1. The Morgan fingerprint density at radius 2 is 2.10 bits per heavy atom. The lowest BCUT2D eigenvalue weighted by atomic mass is 10.1. The number of hydrogen-bond donors (Lipinski definition) is 0. The Bertz CT molecular complexity index is 717. The van der Waals surface area contributed by atoms with E-state index in [0.717, 1.165) is 28.6 Å². The monoisotopic (exact) mass is 286 g/mol. The van der Waals surface area contributed by atoms with Crippen molar-refractivity contribution < 1.29 is 0 Å². The Hall–Kier alpha value is -1.94. The molecule has 0 saturated heterocycles. The normalized spacial score (nSPS) is 12.7. The van der Waals surface area contributed by atoms with Crippen molar-refractivity contribution in [1.29, 1.82) is 0 Å². The first-order valence-corrected chi connectivity index (χ1v) is 7.08. The van der Waals surface area contributed by atoms with Crippen LogP contribution in [0.3, 0.4) is 0 Å². The van der Waals surface area contributed by atoms with Gasteiger partial charge in [0.25, 0.3) is 0 Å². The highest BCUT2D eigenvalue weighted by molar-refractivity contribution is 6.20. The van der Waals surface area contributed by atoms with E-state index in [4.69, 9.17) is 11.6 Å². The van der Waals surface area contributed by atoms with E-state index in [1.807, 2.05) is 36.1 Å². The summed E-state index contributed by atoms with van der Waals surface area (Å²) in [4.78, 5) is 4.45. The van der Waals surface area contributed by atoms with Crippen molar-refractivity contribution in [3.05, 3.63) is 54.0 Å². The summed E-state index contributed by atoms with van der Waals surface area (Å²) in [5, 5.41) is 9.32. The second kappa shape index (κ2) is 5.59. The van der Waals surface area contributed by atoms with Crippen LogP contribution in [0.2, 0.25) is 0 Å². The first kappa shape index (κ1) is 13.1. The molecule has 0 saturated carbocycles. The molecule has 20 heavy (non-hydrogen) atoms.